The smallest absolute Gasteiger partial charge is 0.351 e. The Labute approximate surface area is 108 Å². The highest BCUT2D eigenvalue weighted by molar-refractivity contribution is 5.97. The fourth-order valence-corrected chi connectivity index (χ4v) is 1.12. The van der Waals surface area contributed by atoms with E-state index < -0.39 is 24.0 Å². The number of hydrogen-bond acceptors (Lipinski definition) is 2. The zero-order valence-electron chi connectivity index (χ0n) is 9.59. The van der Waals surface area contributed by atoms with Crippen LogP contribution in [0.2, 0.25) is 0 Å². The summed E-state index contributed by atoms with van der Waals surface area (Å²) in [5.74, 6) is -8.00. The van der Waals surface area contributed by atoms with E-state index in [-0.39, 0.29) is 11.4 Å². The number of carbonyl (C=O) groups is 2. The number of carbonyl (C=O) groups excluding carboxylic acids is 2. The lowest BCUT2D eigenvalue weighted by molar-refractivity contribution is -0.267. The Hall–Kier alpha value is -2.39. The molecular weight excluding hydrogens is 289 g/mol. The van der Waals surface area contributed by atoms with E-state index >= 15 is 0 Å². The number of urea groups is 1. The second kappa shape index (κ2) is 5.31. The summed E-state index contributed by atoms with van der Waals surface area (Å²) in [6.07, 6.45) is -5.98. The largest absolute Gasteiger partial charge is 0.463 e. The predicted molar refractivity (Wildman–Crippen MR) is 59.3 cm³/mol. The van der Waals surface area contributed by atoms with E-state index in [1.165, 1.54) is 5.32 Å². The summed E-state index contributed by atoms with van der Waals surface area (Å²) in [7, 11) is 0. The number of rotatable bonds is 3. The van der Waals surface area contributed by atoms with Gasteiger partial charge in [0, 0.05) is 11.4 Å². The first kappa shape index (κ1) is 15.7. The molecule has 10 heteroatoms. The minimum Gasteiger partial charge on any atom is -0.351 e. The van der Waals surface area contributed by atoms with Crippen molar-refractivity contribution in [1.29, 1.82) is 0 Å². The lowest BCUT2D eigenvalue weighted by Gasteiger charge is -2.18. The number of nitrogens with two attached hydrogens (primary N) is 1. The maximum atomic E-state index is 12.7. The summed E-state index contributed by atoms with van der Waals surface area (Å²) in [5.41, 5.74) is 4.69. The standard InChI is InChI=1S/C10H8F5N3O2/c11-9(12,10(13,14)15)7(19)17-5-1-3-6(4-2-5)18-8(16)20/h1-4H,(H,17,19)(H3,16,18,20). The van der Waals surface area contributed by atoms with Crippen molar-refractivity contribution in [1.82, 2.24) is 0 Å². The molecule has 0 aliphatic rings. The molecule has 0 fully saturated rings. The molecular formula is C10H8F5N3O2. The van der Waals surface area contributed by atoms with Gasteiger partial charge in [-0.1, -0.05) is 0 Å². The second-order valence-corrected chi connectivity index (χ2v) is 3.59. The van der Waals surface area contributed by atoms with Crippen LogP contribution in [0.1, 0.15) is 0 Å². The van der Waals surface area contributed by atoms with Crippen LogP contribution in [-0.2, 0) is 4.79 Å². The first-order chi connectivity index (χ1) is 9.04. The van der Waals surface area contributed by atoms with Crippen molar-refractivity contribution in [2.24, 2.45) is 5.73 Å². The summed E-state index contributed by atoms with van der Waals surface area (Å²) in [6.45, 7) is 0. The van der Waals surface area contributed by atoms with Gasteiger partial charge in [0.15, 0.2) is 0 Å². The first-order valence-electron chi connectivity index (χ1n) is 4.96. The monoisotopic (exact) mass is 297 g/mol. The summed E-state index contributed by atoms with van der Waals surface area (Å²) >= 11 is 0. The summed E-state index contributed by atoms with van der Waals surface area (Å²) < 4.78 is 61.1. The highest BCUT2D eigenvalue weighted by atomic mass is 19.4. The van der Waals surface area contributed by atoms with E-state index in [0.29, 0.717) is 0 Å². The van der Waals surface area contributed by atoms with Gasteiger partial charge in [-0.3, -0.25) is 4.79 Å². The van der Waals surface area contributed by atoms with Crippen LogP contribution in [0.15, 0.2) is 24.3 Å². The van der Waals surface area contributed by atoms with Crippen molar-refractivity contribution in [3.63, 3.8) is 0 Å². The third kappa shape index (κ3) is 3.56. The van der Waals surface area contributed by atoms with Crippen LogP contribution in [0.25, 0.3) is 0 Å². The molecule has 4 N–H and O–H groups in total. The number of primary amides is 1. The van der Waals surface area contributed by atoms with Crippen LogP contribution in [0.5, 0.6) is 0 Å². The molecule has 0 heterocycles. The molecule has 20 heavy (non-hydrogen) atoms. The Morgan fingerprint density at radius 3 is 1.65 bits per heavy atom. The Morgan fingerprint density at radius 1 is 0.900 bits per heavy atom. The minimum atomic E-state index is -5.98. The van der Waals surface area contributed by atoms with E-state index in [0.717, 1.165) is 24.3 Å². The van der Waals surface area contributed by atoms with E-state index in [2.05, 4.69) is 5.32 Å². The quantitative estimate of drug-likeness (QED) is 0.748. The van der Waals surface area contributed by atoms with Gasteiger partial charge in [-0.05, 0) is 24.3 Å². The molecule has 0 unspecified atom stereocenters. The van der Waals surface area contributed by atoms with Gasteiger partial charge in [0.1, 0.15) is 0 Å². The van der Waals surface area contributed by atoms with E-state index in [1.54, 1.807) is 0 Å². The number of halogens is 5. The average Bonchev–Trinajstić information content (AvgIpc) is 2.29. The second-order valence-electron chi connectivity index (χ2n) is 3.59. The third-order valence-corrected chi connectivity index (χ3v) is 2.05. The molecule has 0 spiro atoms. The van der Waals surface area contributed by atoms with Crippen molar-refractivity contribution in [2.45, 2.75) is 12.1 Å². The highest BCUT2D eigenvalue weighted by Crippen LogP contribution is 2.36. The normalized spacial score (nSPS) is 11.8. The zero-order chi connectivity index (χ0) is 15.6. The summed E-state index contributed by atoms with van der Waals surface area (Å²) in [4.78, 5) is 21.4. The Morgan fingerprint density at radius 2 is 1.30 bits per heavy atom. The predicted octanol–water partition coefficient (Wildman–Crippen LogP) is 2.31. The molecule has 1 aromatic carbocycles. The van der Waals surface area contributed by atoms with Crippen molar-refractivity contribution >= 4 is 23.3 Å². The van der Waals surface area contributed by atoms with Crippen molar-refractivity contribution in [3.8, 4) is 0 Å². The van der Waals surface area contributed by atoms with Gasteiger partial charge in [-0.2, -0.15) is 22.0 Å². The van der Waals surface area contributed by atoms with Crippen molar-refractivity contribution < 1.29 is 31.5 Å². The lowest BCUT2D eigenvalue weighted by atomic mass is 10.2. The molecule has 0 aromatic heterocycles. The molecule has 0 bridgehead atoms. The topological polar surface area (TPSA) is 84.2 Å². The van der Waals surface area contributed by atoms with E-state index in [1.807, 2.05) is 0 Å². The van der Waals surface area contributed by atoms with Gasteiger partial charge in [-0.15, -0.1) is 0 Å². The number of anilines is 2. The molecule has 1 aromatic rings. The maximum Gasteiger partial charge on any atom is 0.463 e. The summed E-state index contributed by atoms with van der Waals surface area (Å²) in [5, 5.41) is 3.55. The molecule has 0 aliphatic carbocycles. The Kier molecular flexibility index (Phi) is 4.16. The van der Waals surface area contributed by atoms with Gasteiger partial charge in [0.2, 0.25) is 0 Å². The highest BCUT2D eigenvalue weighted by Gasteiger charge is 2.63. The van der Waals surface area contributed by atoms with E-state index in [9.17, 15) is 31.5 Å². The number of benzene rings is 1. The lowest BCUT2D eigenvalue weighted by Crippen LogP contribution is -2.47. The number of amides is 3. The van der Waals surface area contributed by atoms with Gasteiger partial charge in [-0.25, -0.2) is 4.79 Å². The van der Waals surface area contributed by atoms with Gasteiger partial charge >= 0.3 is 24.0 Å². The molecule has 5 nitrogen and oxygen atoms in total. The molecule has 0 saturated heterocycles. The Balaban J connectivity index is 2.79. The zero-order valence-corrected chi connectivity index (χ0v) is 9.59. The number of hydrogen-bond donors (Lipinski definition) is 3. The third-order valence-electron chi connectivity index (χ3n) is 2.05. The van der Waals surface area contributed by atoms with Crippen LogP contribution in [0, 0.1) is 0 Å². The SMILES string of the molecule is NC(=O)Nc1ccc(NC(=O)C(F)(F)C(F)(F)F)cc1. The minimum absolute atomic E-state index is 0.179. The molecule has 0 saturated carbocycles. The Bertz CT molecular complexity index is 513. The van der Waals surface area contributed by atoms with Gasteiger partial charge in [0.05, 0.1) is 0 Å². The van der Waals surface area contributed by atoms with E-state index in [4.69, 9.17) is 5.73 Å². The first-order valence-corrected chi connectivity index (χ1v) is 4.96. The van der Waals surface area contributed by atoms with Crippen LogP contribution in [0.3, 0.4) is 0 Å². The fourth-order valence-electron chi connectivity index (χ4n) is 1.12. The molecule has 0 atom stereocenters. The molecule has 110 valence electrons. The molecule has 0 radical (unpaired) electrons. The number of alkyl halides is 5. The van der Waals surface area contributed by atoms with Gasteiger partial charge < -0.3 is 16.4 Å². The summed E-state index contributed by atoms with van der Waals surface area (Å²) in [6, 6.07) is 3.48. The van der Waals surface area contributed by atoms with Gasteiger partial charge in [0.25, 0.3) is 0 Å². The van der Waals surface area contributed by atoms with Crippen LogP contribution in [0.4, 0.5) is 38.1 Å². The van der Waals surface area contributed by atoms with Crippen molar-refractivity contribution in [3.05, 3.63) is 24.3 Å². The molecule has 0 aliphatic heterocycles. The molecule has 1 rings (SSSR count). The van der Waals surface area contributed by atoms with Crippen LogP contribution in [-0.4, -0.2) is 24.0 Å². The fraction of sp³-hybridized carbons (Fsp3) is 0.200. The van der Waals surface area contributed by atoms with Crippen LogP contribution < -0.4 is 16.4 Å². The van der Waals surface area contributed by atoms with Crippen molar-refractivity contribution in [2.75, 3.05) is 10.6 Å². The average molecular weight is 297 g/mol. The molecule has 3 amide bonds. The van der Waals surface area contributed by atoms with Crippen LogP contribution >= 0.6 is 0 Å². The number of nitrogens with one attached hydrogen (secondary N) is 2. The maximum absolute atomic E-state index is 12.7.